The molecule has 0 aliphatic carbocycles. The van der Waals surface area contributed by atoms with E-state index in [1.165, 1.54) is 0 Å². The van der Waals surface area contributed by atoms with Gasteiger partial charge in [-0.2, -0.15) is 0 Å². The smallest absolute Gasteiger partial charge is 0.352 e. The fourth-order valence-electron chi connectivity index (χ4n) is 9.04. The SMILES string of the molecule is CC[C@H]1OC(=O)[C@H](C)[C@@H](OC2CC(C)(C)[C@@H](O)[C@H](C)O2)[C@H](C)[C@@H](O[C@@H]2O[C@H](C)C[C@H](C)[C@H]2O)[C@@](C)(O)C[C@@H](C)C2OC(=S)O[C@H]([C@H]2C)[C@]1(C)O.[Ac].[Ac]. The molecule has 52 heavy (non-hydrogen) atoms. The van der Waals surface area contributed by atoms with Gasteiger partial charge in [-0.05, 0) is 71.1 Å². The maximum Gasteiger partial charge on any atom is 0.352 e. The zero-order chi connectivity index (χ0) is 37.7. The van der Waals surface area contributed by atoms with Gasteiger partial charge in [0.05, 0.1) is 42.0 Å². The fraction of sp³-hybridized carbons (Fsp3) is 0.946. The maximum absolute atomic E-state index is 14.2. The van der Waals surface area contributed by atoms with E-state index in [4.69, 9.17) is 45.4 Å². The summed E-state index contributed by atoms with van der Waals surface area (Å²) >= 11 is 5.41. The Morgan fingerprint density at radius 3 is 2.04 bits per heavy atom. The number of thiocarbonyl (C=S) groups is 1. The Bertz CT molecular complexity index is 1190. The van der Waals surface area contributed by atoms with E-state index >= 15 is 0 Å². The molecular formula is C37H64Ac2O12S. The van der Waals surface area contributed by atoms with E-state index in [1.807, 2.05) is 55.4 Å². The van der Waals surface area contributed by atoms with Crippen molar-refractivity contribution >= 4 is 23.4 Å². The molecule has 4 heterocycles. The third kappa shape index (κ3) is 11.1. The number of rotatable bonds is 5. The Balaban J connectivity index is 0.00000468. The van der Waals surface area contributed by atoms with E-state index in [-0.39, 0.29) is 124 Å². The van der Waals surface area contributed by atoms with Gasteiger partial charge in [0.2, 0.25) is 0 Å². The van der Waals surface area contributed by atoms with E-state index < -0.39 is 102 Å². The first-order valence-corrected chi connectivity index (χ1v) is 18.9. The molecule has 15 heteroatoms. The van der Waals surface area contributed by atoms with Crippen LogP contribution in [0.15, 0.2) is 0 Å². The minimum atomic E-state index is -1.65. The van der Waals surface area contributed by atoms with Gasteiger partial charge in [0.15, 0.2) is 12.6 Å². The summed E-state index contributed by atoms with van der Waals surface area (Å²) in [7, 11) is 0. The Kier molecular flexibility index (Phi) is 18.8. The van der Waals surface area contributed by atoms with Crippen LogP contribution in [0.25, 0.3) is 0 Å². The summed E-state index contributed by atoms with van der Waals surface area (Å²) in [6, 6.07) is 0. The molecule has 2 radical (unpaired) electrons. The van der Waals surface area contributed by atoms with Crippen molar-refractivity contribution in [2.75, 3.05) is 0 Å². The van der Waals surface area contributed by atoms with Crippen LogP contribution in [-0.2, 0) is 38.0 Å². The van der Waals surface area contributed by atoms with E-state index in [0.717, 1.165) is 0 Å². The van der Waals surface area contributed by atoms with Crippen molar-refractivity contribution in [2.45, 2.75) is 187 Å². The van der Waals surface area contributed by atoms with Gasteiger partial charge in [-0.15, -0.1) is 0 Å². The van der Waals surface area contributed by atoms with Crippen molar-refractivity contribution in [1.82, 2.24) is 0 Å². The van der Waals surface area contributed by atoms with Crippen molar-refractivity contribution in [3.8, 4) is 0 Å². The zero-order valence-corrected chi connectivity index (χ0v) is 43.5. The first-order chi connectivity index (χ1) is 23.0. The second kappa shape index (κ2) is 19.7. The van der Waals surface area contributed by atoms with Crippen LogP contribution in [0.5, 0.6) is 0 Å². The predicted molar refractivity (Wildman–Crippen MR) is 188 cm³/mol. The number of esters is 1. The van der Waals surface area contributed by atoms with Gasteiger partial charge in [-0.25, -0.2) is 0 Å². The molecule has 4 aliphatic rings. The summed E-state index contributed by atoms with van der Waals surface area (Å²) in [5.74, 6) is -3.15. The maximum atomic E-state index is 14.2. The Hall–Kier alpha value is 1.72. The molecule has 4 saturated heterocycles. The Morgan fingerprint density at radius 2 is 1.46 bits per heavy atom. The third-order valence-electron chi connectivity index (χ3n) is 11.9. The average molecular weight is 1190 g/mol. The molecule has 0 amide bonds. The molecule has 296 valence electrons. The number of aliphatic hydroxyl groups is 4. The van der Waals surface area contributed by atoms with E-state index in [0.29, 0.717) is 12.8 Å². The Labute approximate surface area is 387 Å². The van der Waals surface area contributed by atoms with E-state index in [1.54, 1.807) is 27.7 Å². The molecule has 4 N–H and O–H groups in total. The minimum absolute atomic E-state index is 0. The molecule has 0 aromatic heterocycles. The standard InChI is InChI=1S/C37H64O12S.2Ac/c1-13-24-37(12,42)31-20(5)27(47-34(50)49-31)18(3)15-36(11,41)30(48-33-26(38)17(2)14-19(4)43-33)21(6)28(22(7)32(40)45-24)46-25-16-35(9,10)29(39)23(8)44-25;;/h17-31,33,38-39,41-42H,13-16H2,1-12H3;;/t17-,18+,19+,20-,21-,22+,23-,24+,25?,26+,27?,28-,29-,30+,31+,33-,36-,37+;;/m0../s1. The normalized spacial score (nSPS) is 48.8. The van der Waals surface area contributed by atoms with Crippen LogP contribution in [0, 0.1) is 123 Å². The van der Waals surface area contributed by atoms with Gasteiger partial charge in [0.25, 0.3) is 0 Å². The summed E-state index contributed by atoms with van der Waals surface area (Å²) in [4.78, 5) is 14.2. The number of fused-ring (bicyclic) bond motifs is 2. The molecule has 2 unspecified atom stereocenters. The molecule has 4 aliphatic heterocycles. The number of carbonyl (C=O) groups is 1. The van der Waals surface area contributed by atoms with Crippen molar-refractivity contribution in [1.29, 1.82) is 0 Å². The third-order valence-corrected chi connectivity index (χ3v) is 12.1. The van der Waals surface area contributed by atoms with Crippen LogP contribution in [0.4, 0.5) is 0 Å². The molecule has 4 rings (SSSR count). The minimum Gasteiger partial charge on any atom is -0.459 e. The van der Waals surface area contributed by atoms with Crippen molar-refractivity contribution in [2.24, 2.45) is 35.0 Å². The van der Waals surface area contributed by atoms with E-state index in [2.05, 4.69) is 0 Å². The van der Waals surface area contributed by atoms with Gasteiger partial charge < -0.3 is 53.6 Å². The monoisotopic (exact) mass is 1190 g/mol. The average Bonchev–Trinajstić information content (AvgIpc) is 3.01. The number of hydrogen-bond acceptors (Lipinski definition) is 13. The van der Waals surface area contributed by atoms with Gasteiger partial charge >= 0.3 is 11.2 Å². The number of hydrogen-bond donors (Lipinski definition) is 4. The summed E-state index contributed by atoms with van der Waals surface area (Å²) < 4.78 is 43.8. The van der Waals surface area contributed by atoms with Gasteiger partial charge in [0.1, 0.15) is 30.0 Å². The zero-order valence-electron chi connectivity index (χ0n) is 33.2. The fourth-order valence-corrected chi connectivity index (χ4v) is 9.26. The van der Waals surface area contributed by atoms with Crippen LogP contribution in [0.1, 0.15) is 109 Å². The topological polar surface area (TPSA) is 163 Å². The molecule has 0 spiro atoms. The molecule has 2 bridgehead atoms. The Morgan fingerprint density at radius 1 is 0.846 bits per heavy atom. The summed E-state index contributed by atoms with van der Waals surface area (Å²) in [6.45, 7) is 21.9. The second-order valence-electron chi connectivity index (χ2n) is 17.1. The van der Waals surface area contributed by atoms with E-state index in [9.17, 15) is 25.2 Å². The van der Waals surface area contributed by atoms with Crippen LogP contribution >= 0.6 is 12.2 Å². The first-order valence-electron chi connectivity index (χ1n) is 18.5. The predicted octanol–water partition coefficient (Wildman–Crippen LogP) is 4.25. The van der Waals surface area contributed by atoms with Crippen LogP contribution in [0.2, 0.25) is 0 Å². The molecular weight excluding hydrogens is 1120 g/mol. The molecule has 4 fully saturated rings. The van der Waals surface area contributed by atoms with Crippen molar-refractivity contribution in [3.63, 3.8) is 0 Å². The second-order valence-corrected chi connectivity index (χ2v) is 17.4. The molecule has 18 atom stereocenters. The summed E-state index contributed by atoms with van der Waals surface area (Å²) in [5.41, 5.74) is -3.80. The number of cyclic esters (lactones) is 1. The van der Waals surface area contributed by atoms with Crippen molar-refractivity contribution in [3.05, 3.63) is 0 Å². The summed E-state index contributed by atoms with van der Waals surface area (Å²) in [5, 5.41) is 46.5. The molecule has 0 aromatic rings. The van der Waals surface area contributed by atoms with Crippen LogP contribution in [0.3, 0.4) is 0 Å². The van der Waals surface area contributed by atoms with Crippen LogP contribution < -0.4 is 0 Å². The molecule has 12 nitrogen and oxygen atoms in total. The van der Waals surface area contributed by atoms with Crippen LogP contribution in [-0.4, -0.2) is 110 Å². The van der Waals surface area contributed by atoms with Gasteiger partial charge in [-0.3, -0.25) is 4.79 Å². The van der Waals surface area contributed by atoms with Gasteiger partial charge in [-0.1, -0.05) is 48.5 Å². The van der Waals surface area contributed by atoms with Gasteiger partial charge in [0, 0.05) is 119 Å². The quantitative estimate of drug-likeness (QED) is 0.229. The largest absolute Gasteiger partial charge is 0.459 e. The number of ether oxygens (including phenoxy) is 7. The van der Waals surface area contributed by atoms with Crippen molar-refractivity contribution < 1.29 is 147 Å². The molecule has 0 aromatic carbocycles. The number of aliphatic hydroxyl groups excluding tert-OH is 2. The number of carbonyl (C=O) groups excluding carboxylic acids is 1. The summed E-state index contributed by atoms with van der Waals surface area (Å²) in [6.07, 6.45) is -7.28. The molecule has 0 saturated carbocycles. The first kappa shape index (κ1) is 49.9.